The van der Waals surface area contributed by atoms with Crippen molar-refractivity contribution in [2.45, 2.75) is 51.6 Å². The lowest BCUT2D eigenvalue weighted by Gasteiger charge is -2.22. The molecule has 0 spiro atoms. The summed E-state index contributed by atoms with van der Waals surface area (Å²) in [4.78, 5) is 0. The van der Waals surface area contributed by atoms with Crippen LogP contribution in [0.15, 0.2) is 12.3 Å². The third-order valence-electron chi connectivity index (χ3n) is 2.92. The number of nitrogens with zero attached hydrogens (tertiary/aromatic N) is 2. The Kier molecular flexibility index (Phi) is 3.07. The van der Waals surface area contributed by atoms with Crippen LogP contribution in [0.25, 0.3) is 0 Å². The van der Waals surface area contributed by atoms with Crippen LogP contribution >= 0.6 is 0 Å². The minimum atomic E-state index is 0.656. The molecule has 0 aliphatic heterocycles. The average molecular weight is 193 g/mol. The molecule has 0 aromatic carbocycles. The fourth-order valence-corrected chi connectivity index (χ4v) is 2.07. The van der Waals surface area contributed by atoms with E-state index in [0.717, 1.165) is 12.4 Å². The molecule has 14 heavy (non-hydrogen) atoms. The van der Waals surface area contributed by atoms with Gasteiger partial charge in [0.1, 0.15) is 5.82 Å². The molecule has 78 valence electrons. The zero-order chi connectivity index (χ0) is 9.80. The Morgan fingerprint density at radius 2 is 2.21 bits per heavy atom. The molecule has 0 radical (unpaired) electrons. The first kappa shape index (κ1) is 9.56. The van der Waals surface area contributed by atoms with Gasteiger partial charge in [-0.15, -0.1) is 0 Å². The van der Waals surface area contributed by atoms with Crippen LogP contribution in [0.5, 0.6) is 0 Å². The summed E-state index contributed by atoms with van der Waals surface area (Å²) in [6, 6.07) is 2.72. The lowest BCUT2D eigenvalue weighted by Crippen LogP contribution is -2.22. The molecule has 0 bridgehead atoms. The molecule has 1 fully saturated rings. The normalized spacial score (nSPS) is 18.4. The summed E-state index contributed by atoms with van der Waals surface area (Å²) in [7, 11) is 0. The van der Waals surface area contributed by atoms with E-state index in [2.05, 4.69) is 23.4 Å². The standard InChI is InChI=1S/C11H19N3/c1-2-14-9-8-11(13-14)12-10-6-4-3-5-7-10/h8-10H,2-7H2,1H3,(H,12,13). The van der Waals surface area contributed by atoms with Crippen LogP contribution in [-0.2, 0) is 6.54 Å². The van der Waals surface area contributed by atoms with Gasteiger partial charge >= 0.3 is 0 Å². The molecule has 0 amide bonds. The van der Waals surface area contributed by atoms with Gasteiger partial charge < -0.3 is 5.32 Å². The molecular weight excluding hydrogens is 174 g/mol. The van der Waals surface area contributed by atoms with Crippen molar-refractivity contribution in [2.75, 3.05) is 5.32 Å². The summed E-state index contributed by atoms with van der Waals surface area (Å²) in [5, 5.41) is 7.93. The monoisotopic (exact) mass is 193 g/mol. The van der Waals surface area contributed by atoms with Gasteiger partial charge in [0, 0.05) is 24.8 Å². The van der Waals surface area contributed by atoms with Crippen molar-refractivity contribution in [3.63, 3.8) is 0 Å². The highest BCUT2D eigenvalue weighted by atomic mass is 15.3. The lowest BCUT2D eigenvalue weighted by molar-refractivity contribution is 0.461. The number of rotatable bonds is 3. The molecule has 2 rings (SSSR count). The Balaban J connectivity index is 1.89. The molecule has 1 saturated carbocycles. The molecule has 1 aromatic heterocycles. The smallest absolute Gasteiger partial charge is 0.148 e. The third kappa shape index (κ3) is 2.28. The average Bonchev–Trinajstić information content (AvgIpc) is 2.67. The molecule has 0 unspecified atom stereocenters. The molecule has 1 aliphatic rings. The second kappa shape index (κ2) is 4.49. The molecule has 1 aliphatic carbocycles. The van der Waals surface area contributed by atoms with Crippen molar-refractivity contribution in [2.24, 2.45) is 0 Å². The number of hydrogen-bond acceptors (Lipinski definition) is 2. The summed E-state index contributed by atoms with van der Waals surface area (Å²) < 4.78 is 1.96. The van der Waals surface area contributed by atoms with E-state index >= 15 is 0 Å². The van der Waals surface area contributed by atoms with Crippen LogP contribution in [0, 0.1) is 0 Å². The molecule has 0 saturated heterocycles. The minimum absolute atomic E-state index is 0.656. The van der Waals surface area contributed by atoms with Crippen LogP contribution in [0.1, 0.15) is 39.0 Å². The van der Waals surface area contributed by atoms with E-state index < -0.39 is 0 Å². The van der Waals surface area contributed by atoms with Crippen molar-refractivity contribution in [3.05, 3.63) is 12.3 Å². The quantitative estimate of drug-likeness (QED) is 0.799. The van der Waals surface area contributed by atoms with Crippen molar-refractivity contribution in [1.82, 2.24) is 9.78 Å². The Hall–Kier alpha value is -0.990. The van der Waals surface area contributed by atoms with Gasteiger partial charge in [0.05, 0.1) is 0 Å². The largest absolute Gasteiger partial charge is 0.366 e. The predicted octanol–water partition coefficient (Wildman–Crippen LogP) is 2.65. The van der Waals surface area contributed by atoms with E-state index in [9.17, 15) is 0 Å². The van der Waals surface area contributed by atoms with E-state index in [1.54, 1.807) is 0 Å². The zero-order valence-electron chi connectivity index (χ0n) is 8.87. The van der Waals surface area contributed by atoms with E-state index in [1.165, 1.54) is 32.1 Å². The van der Waals surface area contributed by atoms with Gasteiger partial charge in [0.2, 0.25) is 0 Å². The second-order valence-corrected chi connectivity index (χ2v) is 4.04. The molecule has 1 aromatic rings. The molecule has 0 atom stereocenters. The van der Waals surface area contributed by atoms with Crippen LogP contribution in [0.4, 0.5) is 5.82 Å². The van der Waals surface area contributed by atoms with Gasteiger partial charge in [0.25, 0.3) is 0 Å². The van der Waals surface area contributed by atoms with Crippen molar-refractivity contribution >= 4 is 5.82 Å². The van der Waals surface area contributed by atoms with Crippen molar-refractivity contribution in [3.8, 4) is 0 Å². The SMILES string of the molecule is CCn1ccc(NC2CCCCC2)n1. The first-order chi connectivity index (χ1) is 6.88. The van der Waals surface area contributed by atoms with E-state index in [-0.39, 0.29) is 0 Å². The minimum Gasteiger partial charge on any atom is -0.366 e. The summed E-state index contributed by atoms with van der Waals surface area (Å²) in [6.07, 6.45) is 8.78. The molecule has 1 N–H and O–H groups in total. The summed E-state index contributed by atoms with van der Waals surface area (Å²) in [5.41, 5.74) is 0. The first-order valence-corrected chi connectivity index (χ1v) is 5.68. The number of aromatic nitrogens is 2. The Morgan fingerprint density at radius 3 is 2.86 bits per heavy atom. The maximum absolute atomic E-state index is 4.43. The van der Waals surface area contributed by atoms with Gasteiger partial charge in [-0.3, -0.25) is 4.68 Å². The summed E-state index contributed by atoms with van der Waals surface area (Å²) in [6.45, 7) is 3.06. The maximum Gasteiger partial charge on any atom is 0.148 e. The summed E-state index contributed by atoms with van der Waals surface area (Å²) in [5.74, 6) is 1.04. The molecule has 1 heterocycles. The van der Waals surface area contributed by atoms with Crippen LogP contribution in [-0.4, -0.2) is 15.8 Å². The number of nitrogens with one attached hydrogen (secondary N) is 1. The highest BCUT2D eigenvalue weighted by Gasteiger charge is 2.13. The van der Waals surface area contributed by atoms with Crippen molar-refractivity contribution in [1.29, 1.82) is 0 Å². The van der Waals surface area contributed by atoms with Crippen LogP contribution in [0.3, 0.4) is 0 Å². The fourth-order valence-electron chi connectivity index (χ4n) is 2.07. The molecular formula is C11H19N3. The van der Waals surface area contributed by atoms with Gasteiger partial charge in [-0.25, -0.2) is 0 Å². The van der Waals surface area contributed by atoms with Gasteiger partial charge in [-0.1, -0.05) is 19.3 Å². The van der Waals surface area contributed by atoms with E-state index in [1.807, 2.05) is 10.9 Å². The fraction of sp³-hybridized carbons (Fsp3) is 0.727. The van der Waals surface area contributed by atoms with Gasteiger partial charge in [-0.2, -0.15) is 5.10 Å². The second-order valence-electron chi connectivity index (χ2n) is 4.04. The first-order valence-electron chi connectivity index (χ1n) is 5.68. The molecule has 3 heteroatoms. The van der Waals surface area contributed by atoms with Crippen LogP contribution in [0.2, 0.25) is 0 Å². The summed E-state index contributed by atoms with van der Waals surface area (Å²) >= 11 is 0. The topological polar surface area (TPSA) is 29.9 Å². The number of aryl methyl sites for hydroxylation is 1. The lowest BCUT2D eigenvalue weighted by atomic mass is 9.96. The zero-order valence-corrected chi connectivity index (χ0v) is 8.87. The predicted molar refractivity (Wildman–Crippen MR) is 58.4 cm³/mol. The third-order valence-corrected chi connectivity index (χ3v) is 2.92. The highest BCUT2D eigenvalue weighted by molar-refractivity contribution is 5.33. The van der Waals surface area contributed by atoms with Gasteiger partial charge in [-0.05, 0) is 19.8 Å². The van der Waals surface area contributed by atoms with Crippen molar-refractivity contribution < 1.29 is 0 Å². The molecule has 3 nitrogen and oxygen atoms in total. The Morgan fingerprint density at radius 1 is 1.43 bits per heavy atom. The maximum atomic E-state index is 4.43. The Bertz CT molecular complexity index is 274. The highest BCUT2D eigenvalue weighted by Crippen LogP contribution is 2.20. The van der Waals surface area contributed by atoms with E-state index in [4.69, 9.17) is 0 Å². The Labute approximate surface area is 85.5 Å². The van der Waals surface area contributed by atoms with Crippen LogP contribution < -0.4 is 5.32 Å². The number of anilines is 1. The number of hydrogen-bond donors (Lipinski definition) is 1. The van der Waals surface area contributed by atoms with Gasteiger partial charge in [0.15, 0.2) is 0 Å². The van der Waals surface area contributed by atoms with E-state index in [0.29, 0.717) is 6.04 Å².